The molecule has 3 nitrogen and oxygen atoms in total. The van der Waals surface area contributed by atoms with Gasteiger partial charge < -0.3 is 4.42 Å². The highest BCUT2D eigenvalue weighted by Crippen LogP contribution is 2.37. The lowest BCUT2D eigenvalue weighted by atomic mass is 9.88. The van der Waals surface area contributed by atoms with E-state index in [1.165, 1.54) is 17.4 Å². The fourth-order valence-electron chi connectivity index (χ4n) is 3.46. The summed E-state index contributed by atoms with van der Waals surface area (Å²) in [5.41, 5.74) is 2.32. The number of thiophene rings is 1. The first-order valence-corrected chi connectivity index (χ1v) is 9.97. The van der Waals surface area contributed by atoms with Crippen LogP contribution < -0.4 is 0 Å². The van der Waals surface area contributed by atoms with Crippen LogP contribution in [0.3, 0.4) is 0 Å². The highest BCUT2D eigenvalue weighted by Gasteiger charge is 2.17. The predicted molar refractivity (Wildman–Crippen MR) is 118 cm³/mol. The summed E-state index contributed by atoms with van der Waals surface area (Å²) in [6.07, 6.45) is 0.245. The zero-order valence-electron chi connectivity index (χ0n) is 20.8. The fourth-order valence-corrected chi connectivity index (χ4v) is 4.30. The maximum absolute atomic E-state index is 8.75. The summed E-state index contributed by atoms with van der Waals surface area (Å²) in [6.45, 7) is 3.38. The summed E-state index contributed by atoms with van der Waals surface area (Å²) in [7, 11) is 0. The Morgan fingerprint density at radius 3 is 2.86 bits per heavy atom. The molecule has 0 saturated heterocycles. The molecular weight excluding hydrogens is 364 g/mol. The first-order valence-electron chi connectivity index (χ1n) is 11.6. The number of pyridine rings is 2. The van der Waals surface area contributed by atoms with Gasteiger partial charge in [0.25, 0.3) is 0 Å². The quantitative estimate of drug-likeness (QED) is 0.320. The van der Waals surface area contributed by atoms with Gasteiger partial charge in [0.05, 0.1) is 10.4 Å². The second kappa shape index (κ2) is 6.14. The molecule has 5 aromatic rings. The summed E-state index contributed by atoms with van der Waals surface area (Å²) >= 11 is 1.48. The van der Waals surface area contributed by atoms with Crippen LogP contribution in [-0.4, -0.2) is 9.97 Å². The Kier molecular flexibility index (Phi) is 2.78. The van der Waals surface area contributed by atoms with Crippen molar-refractivity contribution in [2.45, 2.75) is 34.0 Å². The van der Waals surface area contributed by atoms with Crippen molar-refractivity contribution >= 4 is 43.5 Å². The van der Waals surface area contributed by atoms with Crippen molar-refractivity contribution in [2.24, 2.45) is 5.41 Å². The lowest BCUT2D eigenvalue weighted by Gasteiger charge is -2.17. The Hall–Kier alpha value is -2.72. The molecule has 0 radical (unpaired) electrons. The van der Waals surface area contributed by atoms with Gasteiger partial charge in [-0.3, -0.25) is 4.98 Å². The van der Waals surface area contributed by atoms with E-state index in [9.17, 15) is 0 Å². The van der Waals surface area contributed by atoms with Gasteiger partial charge in [0.15, 0.2) is 0 Å². The molecule has 4 aromatic heterocycles. The number of aromatic nitrogens is 2. The molecule has 0 bridgehead atoms. The van der Waals surface area contributed by atoms with Crippen LogP contribution in [0.5, 0.6) is 0 Å². The van der Waals surface area contributed by atoms with Gasteiger partial charge in [0, 0.05) is 35.1 Å². The third kappa shape index (κ3) is 2.89. The molecule has 0 aliphatic carbocycles. The molecule has 5 rings (SSSR count). The fraction of sp³-hybridized carbons (Fsp3) is 0.250. The van der Waals surface area contributed by atoms with E-state index in [-0.39, 0.29) is 11.4 Å². The van der Waals surface area contributed by atoms with Gasteiger partial charge in [-0.25, -0.2) is 4.98 Å². The molecule has 0 fully saturated rings. The van der Waals surface area contributed by atoms with Crippen molar-refractivity contribution in [2.75, 3.05) is 0 Å². The number of benzene rings is 1. The predicted octanol–water partition coefficient (Wildman–Crippen LogP) is 7.15. The van der Waals surface area contributed by atoms with Gasteiger partial charge in [-0.05, 0) is 59.2 Å². The summed E-state index contributed by atoms with van der Waals surface area (Å²) in [5, 5.41) is 4.27. The standard InChI is InChI=1S/C24H22N2OS/c1-14-8-9-17-16-6-5-7-18(22(16)27-23(17)26-14)20-10-19-15(11-24(2,3)4)13-28-21(19)12-25-20/h5-10,12-13H,11H2,1-4H3/i1D3,11D2. The number of hydrogen-bond donors (Lipinski definition) is 0. The Bertz CT molecular complexity index is 1530. The second-order valence-electron chi connectivity index (χ2n) is 7.92. The van der Waals surface area contributed by atoms with Crippen molar-refractivity contribution in [3.63, 3.8) is 0 Å². The Morgan fingerprint density at radius 2 is 2.04 bits per heavy atom. The van der Waals surface area contributed by atoms with Gasteiger partial charge in [-0.15, -0.1) is 11.3 Å². The summed E-state index contributed by atoms with van der Waals surface area (Å²) in [6, 6.07) is 10.9. The minimum atomic E-state index is -2.32. The van der Waals surface area contributed by atoms with Crippen LogP contribution in [0.1, 0.15) is 38.9 Å². The zero-order chi connectivity index (χ0) is 23.8. The van der Waals surface area contributed by atoms with E-state index in [4.69, 9.17) is 11.3 Å². The first-order chi connectivity index (χ1) is 15.4. The third-order valence-electron chi connectivity index (χ3n) is 4.61. The van der Waals surface area contributed by atoms with E-state index >= 15 is 0 Å². The molecule has 0 saturated carbocycles. The minimum absolute atomic E-state index is 0.0116. The summed E-state index contributed by atoms with van der Waals surface area (Å²) < 4.78 is 47.3. The molecule has 0 aliphatic rings. The first kappa shape index (κ1) is 12.7. The molecule has 0 amide bonds. The average molecular weight is 392 g/mol. The number of aryl methyl sites for hydroxylation is 1. The van der Waals surface area contributed by atoms with Crippen LogP contribution in [0.25, 0.3) is 43.4 Å². The Labute approximate surface area is 175 Å². The van der Waals surface area contributed by atoms with Crippen LogP contribution in [0.2, 0.25) is 0 Å². The molecule has 0 atom stereocenters. The molecule has 140 valence electrons. The van der Waals surface area contributed by atoms with Crippen molar-refractivity contribution in [1.82, 2.24) is 9.97 Å². The van der Waals surface area contributed by atoms with Crippen LogP contribution in [-0.2, 0) is 6.37 Å². The van der Waals surface area contributed by atoms with Crippen LogP contribution in [0.15, 0.2) is 52.4 Å². The number of fused-ring (bicyclic) bond motifs is 4. The molecule has 0 spiro atoms. The molecule has 1 aromatic carbocycles. The van der Waals surface area contributed by atoms with Crippen LogP contribution >= 0.6 is 11.3 Å². The van der Waals surface area contributed by atoms with Gasteiger partial charge in [-0.2, -0.15) is 0 Å². The van der Waals surface area contributed by atoms with E-state index < -0.39 is 18.6 Å². The lowest BCUT2D eigenvalue weighted by Crippen LogP contribution is -2.08. The highest BCUT2D eigenvalue weighted by molar-refractivity contribution is 7.17. The van der Waals surface area contributed by atoms with Gasteiger partial charge in [-0.1, -0.05) is 32.9 Å². The molecule has 0 aliphatic heterocycles. The van der Waals surface area contributed by atoms with E-state index in [1.807, 2.05) is 50.4 Å². The van der Waals surface area contributed by atoms with Crippen molar-refractivity contribution in [1.29, 1.82) is 0 Å². The van der Waals surface area contributed by atoms with Gasteiger partial charge in [0.2, 0.25) is 5.71 Å². The van der Waals surface area contributed by atoms with Crippen LogP contribution in [0, 0.1) is 12.3 Å². The highest BCUT2D eigenvalue weighted by atomic mass is 32.1. The topological polar surface area (TPSA) is 38.9 Å². The van der Waals surface area contributed by atoms with Crippen LogP contribution in [0.4, 0.5) is 0 Å². The van der Waals surface area contributed by atoms with E-state index in [0.717, 1.165) is 26.4 Å². The molecule has 4 heteroatoms. The molecular formula is C24H22N2OS. The molecule has 0 unspecified atom stereocenters. The van der Waals surface area contributed by atoms with E-state index in [0.29, 0.717) is 16.8 Å². The smallest absolute Gasteiger partial charge is 0.227 e. The Balaban J connectivity index is 1.72. The largest absolute Gasteiger partial charge is 0.437 e. The zero-order valence-corrected chi connectivity index (χ0v) is 16.6. The van der Waals surface area contributed by atoms with Gasteiger partial charge >= 0.3 is 0 Å². The number of nitrogens with zero attached hydrogens (tertiary/aromatic N) is 2. The van der Waals surface area contributed by atoms with E-state index in [2.05, 4.69) is 9.97 Å². The third-order valence-corrected chi connectivity index (χ3v) is 5.54. The van der Waals surface area contributed by atoms with Gasteiger partial charge in [0.1, 0.15) is 5.58 Å². The number of rotatable bonds is 2. The molecule has 0 N–H and O–H groups in total. The second-order valence-corrected chi connectivity index (χ2v) is 8.83. The monoisotopic (exact) mass is 391 g/mol. The molecule has 4 heterocycles. The van der Waals surface area contributed by atoms with Crippen molar-refractivity contribution in [3.05, 3.63) is 59.2 Å². The summed E-state index contributed by atoms with van der Waals surface area (Å²) in [5.74, 6) is 0. The maximum Gasteiger partial charge on any atom is 0.227 e. The number of para-hydroxylation sites is 1. The average Bonchev–Trinajstić information content (AvgIpc) is 3.32. The van der Waals surface area contributed by atoms with Crippen molar-refractivity contribution < 1.29 is 11.3 Å². The number of hydrogen-bond acceptors (Lipinski definition) is 4. The number of furan rings is 1. The summed E-state index contributed by atoms with van der Waals surface area (Å²) in [4.78, 5) is 8.87. The minimum Gasteiger partial charge on any atom is -0.437 e. The lowest BCUT2D eigenvalue weighted by molar-refractivity contribution is 0.413. The van der Waals surface area contributed by atoms with Crippen molar-refractivity contribution in [3.8, 4) is 11.3 Å². The normalized spacial score (nSPS) is 16.0. The molecule has 28 heavy (non-hydrogen) atoms. The Morgan fingerprint density at radius 1 is 1.14 bits per heavy atom. The SMILES string of the molecule is [2H]C([2H])([2H])c1ccc2c(n1)oc1c(-c3cc4c(C([2H])([2H])C(C)(C)C)csc4cn3)cccc12. The van der Waals surface area contributed by atoms with E-state index in [1.54, 1.807) is 12.3 Å². The maximum atomic E-state index is 8.75.